The van der Waals surface area contributed by atoms with Crippen molar-refractivity contribution in [1.29, 1.82) is 0 Å². The van der Waals surface area contributed by atoms with Gasteiger partial charge in [-0.05, 0) is 31.4 Å². The van der Waals surface area contributed by atoms with Crippen LogP contribution in [0.4, 0.5) is 13.2 Å². The van der Waals surface area contributed by atoms with E-state index in [-0.39, 0.29) is 30.5 Å². The molecular weight excluding hydrogens is 498 g/mol. The van der Waals surface area contributed by atoms with E-state index in [0.29, 0.717) is 23.9 Å². The van der Waals surface area contributed by atoms with Crippen LogP contribution in [0.15, 0.2) is 29.4 Å². The summed E-state index contributed by atoms with van der Waals surface area (Å²) in [4.78, 5) is 19.8. The van der Waals surface area contributed by atoms with Gasteiger partial charge in [-0.2, -0.15) is 13.2 Å². The number of aromatic amines is 1. The van der Waals surface area contributed by atoms with Crippen LogP contribution >= 0.6 is 24.0 Å². The van der Waals surface area contributed by atoms with Gasteiger partial charge < -0.3 is 20.5 Å². The summed E-state index contributed by atoms with van der Waals surface area (Å²) in [6.07, 6.45) is -1.72. The Bertz CT molecular complexity index is 835. The zero-order valence-corrected chi connectivity index (χ0v) is 19.0. The van der Waals surface area contributed by atoms with E-state index >= 15 is 0 Å². The minimum Gasteiger partial charge on any atom is -0.361 e. The maximum Gasteiger partial charge on any atom is 0.406 e. The first-order valence-corrected chi connectivity index (χ1v) is 9.09. The van der Waals surface area contributed by atoms with Crippen molar-refractivity contribution in [3.8, 4) is 0 Å². The quantitative estimate of drug-likeness (QED) is 0.296. The van der Waals surface area contributed by atoms with Crippen molar-refractivity contribution in [2.45, 2.75) is 26.4 Å². The lowest BCUT2D eigenvalue weighted by molar-refractivity contribution is -0.157. The second-order valence-corrected chi connectivity index (χ2v) is 6.55. The summed E-state index contributed by atoms with van der Waals surface area (Å²) in [5.74, 6) is -0.297. The van der Waals surface area contributed by atoms with Crippen molar-refractivity contribution in [2.24, 2.45) is 4.99 Å². The number of aryl methyl sites for hydroxylation is 1. The van der Waals surface area contributed by atoms with Crippen molar-refractivity contribution < 1.29 is 18.0 Å². The second kappa shape index (κ2) is 11.3. The largest absolute Gasteiger partial charge is 0.406 e. The molecule has 10 heteroatoms. The number of fused-ring (bicyclic) bond motifs is 1. The van der Waals surface area contributed by atoms with Gasteiger partial charge in [0.05, 0.1) is 0 Å². The summed E-state index contributed by atoms with van der Waals surface area (Å²) in [5, 5.41) is 7.26. The van der Waals surface area contributed by atoms with Gasteiger partial charge in [0.1, 0.15) is 13.1 Å². The Balaban J connectivity index is 0.00000420. The fourth-order valence-electron chi connectivity index (χ4n) is 2.85. The van der Waals surface area contributed by atoms with E-state index in [1.54, 1.807) is 0 Å². The molecule has 0 aliphatic rings. The highest BCUT2D eigenvalue weighted by molar-refractivity contribution is 14.0. The van der Waals surface area contributed by atoms with Crippen LogP contribution in [0.5, 0.6) is 0 Å². The van der Waals surface area contributed by atoms with Crippen LogP contribution in [0.3, 0.4) is 0 Å². The number of nitrogens with zero attached hydrogens (tertiary/aromatic N) is 2. The number of amides is 1. The number of likely N-dealkylation sites (N-methyl/N-ethyl adjacent to an activating group) is 1. The molecule has 1 aromatic heterocycles. The maximum atomic E-state index is 12.4. The number of benzene rings is 1. The predicted octanol–water partition coefficient (Wildman–Crippen LogP) is 3.21. The van der Waals surface area contributed by atoms with Crippen molar-refractivity contribution in [3.63, 3.8) is 0 Å². The van der Waals surface area contributed by atoms with Crippen molar-refractivity contribution in [2.75, 3.05) is 33.2 Å². The molecule has 0 aliphatic heterocycles. The number of guanidine groups is 1. The van der Waals surface area contributed by atoms with Gasteiger partial charge in [-0.1, -0.05) is 18.2 Å². The van der Waals surface area contributed by atoms with Gasteiger partial charge in [0.15, 0.2) is 5.96 Å². The third-order valence-electron chi connectivity index (χ3n) is 4.26. The average molecular weight is 525 g/mol. The van der Waals surface area contributed by atoms with Gasteiger partial charge in [-0.25, -0.2) is 4.99 Å². The zero-order chi connectivity index (χ0) is 20.7. The Labute approximate surface area is 185 Å². The Kier molecular flexibility index (Phi) is 9.74. The van der Waals surface area contributed by atoms with Crippen molar-refractivity contribution >= 4 is 46.7 Å². The van der Waals surface area contributed by atoms with Crippen molar-refractivity contribution in [1.82, 2.24) is 20.5 Å². The Hall–Kier alpha value is -1.98. The summed E-state index contributed by atoms with van der Waals surface area (Å²) in [6.45, 7) is 3.42. The van der Waals surface area contributed by atoms with Crippen LogP contribution in [-0.2, 0) is 11.2 Å². The average Bonchev–Trinajstić information content (AvgIpc) is 3.02. The maximum absolute atomic E-state index is 12.4. The molecule has 0 bridgehead atoms. The summed E-state index contributed by atoms with van der Waals surface area (Å²) >= 11 is 0. The molecule has 162 valence electrons. The minimum atomic E-state index is -4.42. The van der Waals surface area contributed by atoms with Crippen LogP contribution in [0.25, 0.3) is 10.9 Å². The lowest BCUT2D eigenvalue weighted by Gasteiger charge is -2.18. The van der Waals surface area contributed by atoms with Crippen LogP contribution in [0, 0.1) is 6.92 Å². The number of para-hydroxylation sites is 1. The van der Waals surface area contributed by atoms with E-state index in [1.807, 2.05) is 32.2 Å². The number of hydrogen-bond donors (Lipinski definition) is 3. The molecule has 0 radical (unpaired) electrons. The number of H-pyrrole nitrogens is 1. The van der Waals surface area contributed by atoms with Crippen LogP contribution < -0.4 is 10.6 Å². The highest BCUT2D eigenvalue weighted by Gasteiger charge is 2.31. The van der Waals surface area contributed by atoms with E-state index in [0.717, 1.165) is 29.9 Å². The van der Waals surface area contributed by atoms with Crippen LogP contribution in [0.1, 0.15) is 18.1 Å². The number of carbonyl (C=O) groups is 1. The van der Waals surface area contributed by atoms with E-state index in [2.05, 4.69) is 26.7 Å². The first kappa shape index (κ1) is 25.1. The lowest BCUT2D eigenvalue weighted by Crippen LogP contribution is -2.40. The SMILES string of the molecule is CCNC(=NCC(=O)N(C)CC(F)(F)F)NCCc1c[nH]c2c(C)cccc12.I. The molecule has 0 aliphatic carbocycles. The van der Waals surface area contributed by atoms with Gasteiger partial charge in [-0.15, -0.1) is 24.0 Å². The topological polar surface area (TPSA) is 72.5 Å². The molecule has 0 atom stereocenters. The molecule has 0 saturated carbocycles. The molecule has 0 spiro atoms. The molecule has 0 saturated heterocycles. The molecule has 29 heavy (non-hydrogen) atoms. The Morgan fingerprint density at radius 3 is 2.66 bits per heavy atom. The fourth-order valence-corrected chi connectivity index (χ4v) is 2.85. The first-order valence-electron chi connectivity index (χ1n) is 9.09. The fraction of sp³-hybridized carbons (Fsp3) is 0.474. The predicted molar refractivity (Wildman–Crippen MR) is 120 cm³/mol. The molecule has 2 aromatic rings. The van der Waals surface area contributed by atoms with Gasteiger partial charge in [0, 0.05) is 37.2 Å². The molecular formula is C19H27F3IN5O. The van der Waals surface area contributed by atoms with Crippen molar-refractivity contribution in [3.05, 3.63) is 35.5 Å². The van der Waals surface area contributed by atoms with Crippen LogP contribution in [-0.4, -0.2) is 61.2 Å². The Morgan fingerprint density at radius 2 is 2.00 bits per heavy atom. The normalized spacial score (nSPS) is 11.9. The molecule has 0 fully saturated rings. The smallest absolute Gasteiger partial charge is 0.361 e. The monoisotopic (exact) mass is 525 g/mol. The summed E-state index contributed by atoms with van der Waals surface area (Å²) in [5.41, 5.74) is 3.44. The summed E-state index contributed by atoms with van der Waals surface area (Å²) in [6, 6.07) is 6.11. The third kappa shape index (κ3) is 7.75. The highest BCUT2D eigenvalue weighted by Crippen LogP contribution is 2.21. The van der Waals surface area contributed by atoms with Gasteiger partial charge in [0.25, 0.3) is 0 Å². The lowest BCUT2D eigenvalue weighted by atomic mass is 10.1. The number of carbonyl (C=O) groups excluding carboxylic acids is 1. The molecule has 2 rings (SSSR count). The third-order valence-corrected chi connectivity index (χ3v) is 4.26. The number of hydrogen-bond acceptors (Lipinski definition) is 2. The van der Waals surface area contributed by atoms with E-state index < -0.39 is 18.6 Å². The van der Waals surface area contributed by atoms with E-state index in [9.17, 15) is 18.0 Å². The van der Waals surface area contributed by atoms with Crippen LogP contribution in [0.2, 0.25) is 0 Å². The first-order chi connectivity index (χ1) is 13.2. The van der Waals surface area contributed by atoms with Gasteiger partial charge >= 0.3 is 6.18 Å². The molecule has 1 amide bonds. The van der Waals surface area contributed by atoms with E-state index in [4.69, 9.17) is 0 Å². The summed E-state index contributed by atoms with van der Waals surface area (Å²) in [7, 11) is 1.12. The van der Waals surface area contributed by atoms with Gasteiger partial charge in [0.2, 0.25) is 5.91 Å². The standard InChI is InChI=1S/C19H26F3N5O.HI/c1-4-23-18(26-11-16(28)27(3)12-19(20,21)22)24-9-8-14-10-25-17-13(2)6-5-7-15(14)17;/h5-7,10,25H,4,8-9,11-12H2,1-3H3,(H2,23,24,26);1H. The molecule has 6 nitrogen and oxygen atoms in total. The zero-order valence-electron chi connectivity index (χ0n) is 16.7. The molecule has 1 heterocycles. The van der Waals surface area contributed by atoms with Gasteiger partial charge in [-0.3, -0.25) is 4.79 Å². The Morgan fingerprint density at radius 1 is 1.28 bits per heavy atom. The minimum absolute atomic E-state index is 0. The number of aliphatic imine (C=N–C) groups is 1. The number of halogens is 4. The number of aromatic nitrogens is 1. The van der Waals surface area contributed by atoms with E-state index in [1.165, 1.54) is 5.56 Å². The number of rotatable bonds is 7. The number of alkyl halides is 3. The molecule has 0 unspecified atom stereocenters. The highest BCUT2D eigenvalue weighted by atomic mass is 127. The number of nitrogens with one attached hydrogen (secondary N) is 3. The second-order valence-electron chi connectivity index (χ2n) is 6.55. The summed E-state index contributed by atoms with van der Waals surface area (Å²) < 4.78 is 37.1. The molecule has 3 N–H and O–H groups in total. The molecule has 1 aromatic carbocycles.